The van der Waals surface area contributed by atoms with E-state index in [2.05, 4.69) is 5.32 Å². The van der Waals surface area contributed by atoms with Crippen LogP contribution < -0.4 is 11.1 Å². The standard InChI is InChI=1S/C11H23N3O3/c1-11(2,8-12)10(16)14(3)7-9(15)13-5-6-17-4/h5-8,12H2,1-4H3,(H,13,15). The molecule has 0 aromatic carbocycles. The van der Waals surface area contributed by atoms with E-state index in [4.69, 9.17) is 10.5 Å². The summed E-state index contributed by atoms with van der Waals surface area (Å²) in [6, 6.07) is 0. The summed E-state index contributed by atoms with van der Waals surface area (Å²) in [4.78, 5) is 24.7. The second kappa shape index (κ2) is 7.24. The highest BCUT2D eigenvalue weighted by Gasteiger charge is 2.29. The molecule has 0 radical (unpaired) electrons. The highest BCUT2D eigenvalue weighted by Crippen LogP contribution is 2.15. The first-order valence-corrected chi connectivity index (χ1v) is 5.56. The van der Waals surface area contributed by atoms with Crippen LogP contribution in [0.4, 0.5) is 0 Å². The van der Waals surface area contributed by atoms with Gasteiger partial charge in [0.05, 0.1) is 18.6 Å². The minimum absolute atomic E-state index is 0.0337. The first-order valence-electron chi connectivity index (χ1n) is 5.56. The van der Waals surface area contributed by atoms with E-state index in [1.165, 1.54) is 4.90 Å². The van der Waals surface area contributed by atoms with Crippen LogP contribution in [-0.4, -0.2) is 57.1 Å². The molecule has 2 amide bonds. The van der Waals surface area contributed by atoms with E-state index in [1.54, 1.807) is 28.0 Å². The van der Waals surface area contributed by atoms with Crippen molar-refractivity contribution in [2.24, 2.45) is 11.1 Å². The Morgan fingerprint density at radius 3 is 2.47 bits per heavy atom. The zero-order valence-electron chi connectivity index (χ0n) is 11.1. The summed E-state index contributed by atoms with van der Waals surface area (Å²) < 4.78 is 4.80. The average molecular weight is 245 g/mol. The maximum absolute atomic E-state index is 11.9. The van der Waals surface area contributed by atoms with E-state index >= 15 is 0 Å². The fourth-order valence-corrected chi connectivity index (χ4v) is 1.24. The summed E-state index contributed by atoms with van der Waals surface area (Å²) in [7, 11) is 3.15. The lowest BCUT2D eigenvalue weighted by molar-refractivity contribution is -0.141. The first kappa shape index (κ1) is 15.9. The molecule has 0 aliphatic carbocycles. The Labute approximate surface area is 102 Å². The second-order valence-electron chi connectivity index (χ2n) is 4.59. The number of hydrogen-bond donors (Lipinski definition) is 2. The van der Waals surface area contributed by atoms with E-state index < -0.39 is 5.41 Å². The van der Waals surface area contributed by atoms with Gasteiger partial charge in [-0.3, -0.25) is 9.59 Å². The normalized spacial score (nSPS) is 11.1. The molecule has 6 heteroatoms. The molecule has 0 aromatic heterocycles. The van der Waals surface area contributed by atoms with Crippen molar-refractivity contribution in [1.29, 1.82) is 0 Å². The van der Waals surface area contributed by atoms with Gasteiger partial charge >= 0.3 is 0 Å². The van der Waals surface area contributed by atoms with Gasteiger partial charge in [0.2, 0.25) is 11.8 Å². The number of nitrogens with zero attached hydrogens (tertiary/aromatic N) is 1. The first-order chi connectivity index (χ1) is 7.85. The Balaban J connectivity index is 4.12. The van der Waals surface area contributed by atoms with Crippen molar-refractivity contribution >= 4 is 11.8 Å². The largest absolute Gasteiger partial charge is 0.383 e. The van der Waals surface area contributed by atoms with Gasteiger partial charge in [-0.2, -0.15) is 0 Å². The fourth-order valence-electron chi connectivity index (χ4n) is 1.24. The van der Waals surface area contributed by atoms with Gasteiger partial charge in [0, 0.05) is 27.2 Å². The van der Waals surface area contributed by atoms with Crippen molar-refractivity contribution in [3.63, 3.8) is 0 Å². The zero-order chi connectivity index (χ0) is 13.5. The average Bonchev–Trinajstić information content (AvgIpc) is 2.28. The van der Waals surface area contributed by atoms with E-state index in [0.717, 1.165) is 0 Å². The second-order valence-corrected chi connectivity index (χ2v) is 4.59. The van der Waals surface area contributed by atoms with Gasteiger partial charge in [-0.1, -0.05) is 0 Å². The summed E-state index contributed by atoms with van der Waals surface area (Å²) in [6.45, 7) is 4.70. The van der Waals surface area contributed by atoms with E-state index in [-0.39, 0.29) is 24.9 Å². The van der Waals surface area contributed by atoms with E-state index in [1.807, 2.05) is 0 Å². The van der Waals surface area contributed by atoms with Crippen molar-refractivity contribution in [3.05, 3.63) is 0 Å². The van der Waals surface area contributed by atoms with Gasteiger partial charge in [0.25, 0.3) is 0 Å². The van der Waals surface area contributed by atoms with Crippen LogP contribution in [0.15, 0.2) is 0 Å². The number of nitrogens with one attached hydrogen (secondary N) is 1. The number of methoxy groups -OCH3 is 1. The lowest BCUT2D eigenvalue weighted by atomic mass is 9.92. The van der Waals surface area contributed by atoms with Crippen LogP contribution in [0.25, 0.3) is 0 Å². The minimum atomic E-state index is -0.637. The number of rotatable bonds is 7. The number of hydrogen-bond acceptors (Lipinski definition) is 4. The third kappa shape index (κ3) is 5.65. The Morgan fingerprint density at radius 1 is 1.41 bits per heavy atom. The van der Waals surface area contributed by atoms with Crippen LogP contribution in [0.1, 0.15) is 13.8 Å². The number of carbonyl (C=O) groups excluding carboxylic acids is 2. The number of amides is 2. The Kier molecular flexibility index (Phi) is 6.75. The predicted octanol–water partition coefficient (Wildman–Crippen LogP) is -0.808. The van der Waals surface area contributed by atoms with Gasteiger partial charge in [-0.05, 0) is 13.8 Å². The monoisotopic (exact) mass is 245 g/mol. The van der Waals surface area contributed by atoms with Crippen molar-refractivity contribution in [1.82, 2.24) is 10.2 Å². The summed E-state index contributed by atoms with van der Waals surface area (Å²) in [5, 5.41) is 2.65. The SMILES string of the molecule is COCCNC(=O)CN(C)C(=O)C(C)(C)CN. The smallest absolute Gasteiger partial charge is 0.239 e. The molecule has 0 aliphatic rings. The highest BCUT2D eigenvalue weighted by molar-refractivity contribution is 5.87. The molecule has 3 N–H and O–H groups in total. The van der Waals surface area contributed by atoms with Crippen LogP contribution >= 0.6 is 0 Å². The fraction of sp³-hybridized carbons (Fsp3) is 0.818. The molecule has 0 rings (SSSR count). The molecule has 0 bridgehead atoms. The number of ether oxygens (including phenoxy) is 1. The lowest BCUT2D eigenvalue weighted by Gasteiger charge is -2.27. The topological polar surface area (TPSA) is 84.7 Å². The predicted molar refractivity (Wildman–Crippen MR) is 65.4 cm³/mol. The van der Waals surface area contributed by atoms with Gasteiger partial charge in [0.1, 0.15) is 0 Å². The van der Waals surface area contributed by atoms with Crippen molar-refractivity contribution in [2.75, 3.05) is 40.4 Å². The molecule has 0 aromatic rings. The van der Waals surface area contributed by atoms with Gasteiger partial charge in [-0.15, -0.1) is 0 Å². The van der Waals surface area contributed by atoms with Gasteiger partial charge in [-0.25, -0.2) is 0 Å². The van der Waals surface area contributed by atoms with Crippen LogP contribution in [0.3, 0.4) is 0 Å². The molecule has 0 saturated carbocycles. The third-order valence-corrected chi connectivity index (χ3v) is 2.45. The summed E-state index contributed by atoms with van der Waals surface area (Å²) in [6.07, 6.45) is 0. The van der Waals surface area contributed by atoms with Gasteiger partial charge in [0.15, 0.2) is 0 Å². The van der Waals surface area contributed by atoms with Crippen LogP contribution in [0.2, 0.25) is 0 Å². The number of likely N-dealkylation sites (N-methyl/N-ethyl adjacent to an activating group) is 1. The maximum Gasteiger partial charge on any atom is 0.239 e. The molecule has 0 atom stereocenters. The number of nitrogens with two attached hydrogens (primary N) is 1. The van der Waals surface area contributed by atoms with E-state index in [9.17, 15) is 9.59 Å². The maximum atomic E-state index is 11.9. The Hall–Kier alpha value is -1.14. The van der Waals surface area contributed by atoms with Crippen LogP contribution in [0.5, 0.6) is 0 Å². The quantitative estimate of drug-likeness (QED) is 0.575. The number of carbonyl (C=O) groups is 2. The molecule has 0 aliphatic heterocycles. The molecule has 100 valence electrons. The molecular weight excluding hydrogens is 222 g/mol. The molecular formula is C11H23N3O3. The lowest BCUT2D eigenvalue weighted by Crippen LogP contribution is -2.46. The van der Waals surface area contributed by atoms with Crippen molar-refractivity contribution in [2.45, 2.75) is 13.8 Å². The molecule has 0 heterocycles. The Morgan fingerprint density at radius 2 is 2.00 bits per heavy atom. The molecule has 0 fully saturated rings. The summed E-state index contributed by atoms with van der Waals surface area (Å²) in [5.74, 6) is -0.340. The summed E-state index contributed by atoms with van der Waals surface area (Å²) >= 11 is 0. The zero-order valence-corrected chi connectivity index (χ0v) is 11.1. The molecule has 6 nitrogen and oxygen atoms in total. The third-order valence-electron chi connectivity index (χ3n) is 2.45. The van der Waals surface area contributed by atoms with E-state index in [0.29, 0.717) is 13.2 Å². The van der Waals surface area contributed by atoms with Crippen molar-refractivity contribution in [3.8, 4) is 0 Å². The molecule has 0 unspecified atom stereocenters. The van der Waals surface area contributed by atoms with Crippen LogP contribution in [-0.2, 0) is 14.3 Å². The summed E-state index contributed by atoms with van der Waals surface area (Å²) in [5.41, 5.74) is 4.87. The Bertz CT molecular complexity index is 267. The molecule has 17 heavy (non-hydrogen) atoms. The molecule has 0 spiro atoms. The van der Waals surface area contributed by atoms with Gasteiger partial charge < -0.3 is 20.7 Å². The molecule has 0 saturated heterocycles. The minimum Gasteiger partial charge on any atom is -0.383 e. The highest BCUT2D eigenvalue weighted by atomic mass is 16.5. The van der Waals surface area contributed by atoms with Crippen LogP contribution in [0, 0.1) is 5.41 Å². The van der Waals surface area contributed by atoms with Crippen molar-refractivity contribution < 1.29 is 14.3 Å².